The van der Waals surface area contributed by atoms with E-state index in [2.05, 4.69) is 6.07 Å². The summed E-state index contributed by atoms with van der Waals surface area (Å²) in [5, 5.41) is 11.2. The predicted molar refractivity (Wildman–Crippen MR) is 72.1 cm³/mol. The topological polar surface area (TPSA) is 49.8 Å². The Morgan fingerprint density at radius 2 is 1.94 bits per heavy atom. The van der Waals surface area contributed by atoms with E-state index in [9.17, 15) is 5.26 Å². The molecule has 0 atom stereocenters. The maximum absolute atomic E-state index is 9.26. The molecule has 2 aromatic rings. The Morgan fingerprint density at radius 3 is 2.47 bits per heavy atom. The molecule has 2 N–H and O–H groups in total. The van der Waals surface area contributed by atoms with Crippen LogP contribution in [0.25, 0.3) is 11.3 Å². The molecule has 0 fully saturated rings. The lowest BCUT2D eigenvalue weighted by molar-refractivity contribution is 1.46. The summed E-state index contributed by atoms with van der Waals surface area (Å²) in [5.41, 5.74) is 9.16. The zero-order valence-electron chi connectivity index (χ0n) is 9.47. The number of aryl methyl sites for hydroxylation is 1. The van der Waals surface area contributed by atoms with Crippen molar-refractivity contribution in [2.75, 3.05) is 0 Å². The van der Waals surface area contributed by atoms with Crippen molar-refractivity contribution in [3.63, 3.8) is 0 Å². The zero-order chi connectivity index (χ0) is 12.3. The number of nitrogens with two attached hydrogens (primary N) is 1. The van der Waals surface area contributed by atoms with Gasteiger partial charge in [-0.2, -0.15) is 5.26 Å². The highest BCUT2D eigenvalue weighted by atomic mass is 32.1. The second-order valence-corrected chi connectivity index (χ2v) is 4.62. The van der Waals surface area contributed by atoms with Gasteiger partial charge in [0.15, 0.2) is 0 Å². The Balaban J connectivity index is 2.57. The van der Waals surface area contributed by atoms with E-state index in [0.29, 0.717) is 11.3 Å². The van der Waals surface area contributed by atoms with Gasteiger partial charge in [-0.1, -0.05) is 30.3 Å². The molecule has 1 aromatic heterocycles. The maximum Gasteiger partial charge on any atom is 0.102 e. The average molecular weight is 240 g/mol. The minimum absolute atomic E-state index is 0.538. The van der Waals surface area contributed by atoms with Gasteiger partial charge in [-0.05, 0) is 29.5 Å². The summed E-state index contributed by atoms with van der Waals surface area (Å²) in [6.45, 7) is 2.00. The second kappa shape index (κ2) is 4.86. The normalized spacial score (nSPS) is 11.8. The highest BCUT2D eigenvalue weighted by molar-refractivity contribution is 7.11. The molecule has 0 saturated heterocycles. The quantitative estimate of drug-likeness (QED) is 0.818. The smallest absolute Gasteiger partial charge is 0.102 e. The van der Waals surface area contributed by atoms with Gasteiger partial charge in [0.25, 0.3) is 0 Å². The third-order valence-corrected chi connectivity index (χ3v) is 3.60. The van der Waals surface area contributed by atoms with Crippen LogP contribution in [0.3, 0.4) is 0 Å². The molecule has 1 aromatic carbocycles. The van der Waals surface area contributed by atoms with E-state index >= 15 is 0 Å². The van der Waals surface area contributed by atoms with Crippen LogP contribution in [0.2, 0.25) is 0 Å². The molecule has 0 aliphatic rings. The number of hydrogen-bond donors (Lipinski definition) is 1. The molecule has 2 rings (SSSR count). The van der Waals surface area contributed by atoms with Gasteiger partial charge in [-0.3, -0.25) is 0 Å². The Morgan fingerprint density at radius 1 is 1.24 bits per heavy atom. The number of nitriles is 1. The molecular weight excluding hydrogens is 228 g/mol. The summed E-state index contributed by atoms with van der Waals surface area (Å²) in [7, 11) is 0. The summed E-state index contributed by atoms with van der Waals surface area (Å²) in [6.07, 6.45) is 0. The molecule has 0 bridgehead atoms. The van der Waals surface area contributed by atoms with E-state index in [4.69, 9.17) is 5.73 Å². The number of nitrogens with zero attached hydrogens (tertiary/aromatic N) is 1. The fraction of sp³-hybridized carbons (Fsp3) is 0.0714. The molecule has 0 aliphatic heterocycles. The van der Waals surface area contributed by atoms with Gasteiger partial charge < -0.3 is 5.73 Å². The lowest BCUT2D eigenvalue weighted by atomic mass is 10.0. The average Bonchev–Trinajstić information content (AvgIpc) is 2.77. The van der Waals surface area contributed by atoms with Gasteiger partial charge in [0.05, 0.1) is 16.1 Å². The molecule has 0 aliphatic carbocycles. The highest BCUT2D eigenvalue weighted by Gasteiger charge is 2.10. The van der Waals surface area contributed by atoms with Crippen LogP contribution in [-0.2, 0) is 0 Å². The van der Waals surface area contributed by atoms with Crippen molar-refractivity contribution in [1.29, 1.82) is 5.26 Å². The van der Waals surface area contributed by atoms with E-state index in [1.165, 1.54) is 0 Å². The highest BCUT2D eigenvalue weighted by Crippen LogP contribution is 2.27. The fourth-order valence-electron chi connectivity index (χ4n) is 1.65. The van der Waals surface area contributed by atoms with Crippen molar-refractivity contribution in [3.05, 3.63) is 57.8 Å². The van der Waals surface area contributed by atoms with Crippen LogP contribution in [0.5, 0.6) is 0 Å². The summed E-state index contributed by atoms with van der Waals surface area (Å²) in [4.78, 5) is 0.977. The minimum atomic E-state index is 0.538. The van der Waals surface area contributed by atoms with Crippen molar-refractivity contribution in [2.45, 2.75) is 6.92 Å². The van der Waals surface area contributed by atoms with Crippen LogP contribution < -0.4 is 5.73 Å². The molecule has 2 nitrogen and oxygen atoms in total. The number of allylic oxidation sites excluding steroid dienone is 1. The lowest BCUT2D eigenvalue weighted by Crippen LogP contribution is -2.00. The number of benzene rings is 1. The van der Waals surface area contributed by atoms with Crippen molar-refractivity contribution in [1.82, 2.24) is 0 Å². The van der Waals surface area contributed by atoms with Crippen LogP contribution in [0.4, 0.5) is 0 Å². The molecule has 0 spiro atoms. The van der Waals surface area contributed by atoms with Crippen molar-refractivity contribution < 1.29 is 0 Å². The van der Waals surface area contributed by atoms with Crippen LogP contribution >= 0.6 is 11.3 Å². The third-order valence-electron chi connectivity index (χ3n) is 2.55. The van der Waals surface area contributed by atoms with Gasteiger partial charge in [0.1, 0.15) is 6.07 Å². The first kappa shape index (κ1) is 11.4. The van der Waals surface area contributed by atoms with Crippen molar-refractivity contribution in [2.24, 2.45) is 5.73 Å². The molecule has 17 heavy (non-hydrogen) atoms. The molecule has 0 unspecified atom stereocenters. The second-order valence-electron chi connectivity index (χ2n) is 3.70. The van der Waals surface area contributed by atoms with Gasteiger partial charge in [0.2, 0.25) is 0 Å². The number of rotatable bonds is 2. The van der Waals surface area contributed by atoms with Crippen LogP contribution in [-0.4, -0.2) is 0 Å². The molecular formula is C14H12N2S. The Bertz CT molecular complexity index is 588. The zero-order valence-corrected chi connectivity index (χ0v) is 10.3. The van der Waals surface area contributed by atoms with E-state index in [-0.39, 0.29) is 0 Å². The summed E-state index contributed by atoms with van der Waals surface area (Å²) in [6, 6.07) is 13.7. The molecule has 1 heterocycles. The SMILES string of the molecule is Cc1ccsc1/C(N)=C(/C#N)c1ccccc1. The van der Waals surface area contributed by atoms with E-state index in [0.717, 1.165) is 16.0 Å². The van der Waals surface area contributed by atoms with E-state index < -0.39 is 0 Å². The molecule has 3 heteroatoms. The first-order valence-corrected chi connectivity index (χ1v) is 6.11. The van der Waals surface area contributed by atoms with Gasteiger partial charge in [-0.25, -0.2) is 0 Å². The Kier molecular flexibility index (Phi) is 3.27. The van der Waals surface area contributed by atoms with Crippen LogP contribution in [0.1, 0.15) is 16.0 Å². The predicted octanol–water partition coefficient (Wildman–Crippen LogP) is 3.41. The summed E-state index contributed by atoms with van der Waals surface area (Å²) < 4.78 is 0. The largest absolute Gasteiger partial charge is 0.396 e. The lowest BCUT2D eigenvalue weighted by Gasteiger charge is -2.05. The summed E-state index contributed by atoms with van der Waals surface area (Å²) >= 11 is 1.56. The Hall–Kier alpha value is -2.05. The minimum Gasteiger partial charge on any atom is -0.396 e. The van der Waals surface area contributed by atoms with Crippen LogP contribution in [0.15, 0.2) is 41.8 Å². The van der Waals surface area contributed by atoms with Crippen molar-refractivity contribution >= 4 is 22.6 Å². The Labute approximate surface area is 105 Å². The van der Waals surface area contributed by atoms with Crippen molar-refractivity contribution in [3.8, 4) is 6.07 Å². The fourth-order valence-corrected chi connectivity index (χ4v) is 2.54. The standard InChI is InChI=1S/C14H12N2S/c1-10-7-8-17-14(10)13(16)12(9-15)11-5-3-2-4-6-11/h2-8H,16H2,1H3/b13-12+. The van der Waals surface area contributed by atoms with Crippen LogP contribution in [0, 0.1) is 18.3 Å². The first-order chi connectivity index (χ1) is 8.24. The third kappa shape index (κ3) is 2.22. The summed E-state index contributed by atoms with van der Waals surface area (Å²) in [5.74, 6) is 0. The van der Waals surface area contributed by atoms with Gasteiger partial charge in [0, 0.05) is 0 Å². The maximum atomic E-state index is 9.26. The molecule has 0 radical (unpaired) electrons. The molecule has 0 saturated carbocycles. The number of thiophene rings is 1. The van der Waals surface area contributed by atoms with Gasteiger partial charge >= 0.3 is 0 Å². The number of hydrogen-bond acceptors (Lipinski definition) is 3. The van der Waals surface area contributed by atoms with Gasteiger partial charge in [-0.15, -0.1) is 11.3 Å². The van der Waals surface area contributed by atoms with E-state index in [1.54, 1.807) is 11.3 Å². The monoisotopic (exact) mass is 240 g/mol. The first-order valence-electron chi connectivity index (χ1n) is 5.23. The van der Waals surface area contributed by atoms with E-state index in [1.807, 2.05) is 48.7 Å². The molecule has 0 amide bonds. The molecule has 84 valence electrons.